The summed E-state index contributed by atoms with van der Waals surface area (Å²) in [6, 6.07) is -0.383. The van der Waals surface area contributed by atoms with Gasteiger partial charge in [0.25, 0.3) is 5.56 Å². The molecule has 2 unspecified atom stereocenters. The molecular formula is C14H23N5O2. The first kappa shape index (κ1) is 15.5. The molecule has 0 aliphatic carbocycles. The molecule has 2 aromatic heterocycles. The zero-order valence-corrected chi connectivity index (χ0v) is 13.3. The van der Waals surface area contributed by atoms with Crippen molar-refractivity contribution in [2.24, 2.45) is 12.8 Å². The van der Waals surface area contributed by atoms with Crippen LogP contribution in [0.15, 0.2) is 9.59 Å². The van der Waals surface area contributed by atoms with E-state index >= 15 is 0 Å². The smallest absolute Gasteiger partial charge is 0.328 e. The number of rotatable bonds is 4. The van der Waals surface area contributed by atoms with Crippen molar-refractivity contribution >= 4 is 11.2 Å². The average molecular weight is 293 g/mol. The molecule has 0 fully saturated rings. The van der Waals surface area contributed by atoms with Crippen molar-refractivity contribution in [3.05, 3.63) is 26.7 Å². The topological polar surface area (TPSA) is 87.8 Å². The largest absolute Gasteiger partial charge is 0.333 e. The summed E-state index contributed by atoms with van der Waals surface area (Å²) >= 11 is 0. The highest BCUT2D eigenvalue weighted by Gasteiger charge is 2.22. The normalized spacial score (nSPS) is 14.6. The molecule has 0 spiro atoms. The zero-order chi connectivity index (χ0) is 15.9. The number of hydrogen-bond donors (Lipinski definition) is 1. The summed E-state index contributed by atoms with van der Waals surface area (Å²) in [5.74, 6) is 0.705. The first-order valence-corrected chi connectivity index (χ1v) is 7.25. The molecule has 21 heavy (non-hydrogen) atoms. The number of imidazole rings is 1. The number of hydrogen-bond acceptors (Lipinski definition) is 4. The second kappa shape index (κ2) is 5.48. The number of nitrogens with two attached hydrogens (primary N) is 1. The lowest BCUT2D eigenvalue weighted by Gasteiger charge is -2.19. The summed E-state index contributed by atoms with van der Waals surface area (Å²) in [7, 11) is 1.79. The van der Waals surface area contributed by atoms with E-state index in [9.17, 15) is 9.59 Å². The van der Waals surface area contributed by atoms with E-state index < -0.39 is 0 Å². The van der Waals surface area contributed by atoms with Crippen molar-refractivity contribution in [3.63, 3.8) is 0 Å². The van der Waals surface area contributed by atoms with Gasteiger partial charge in [-0.15, -0.1) is 0 Å². The van der Waals surface area contributed by atoms with Crippen LogP contribution in [0.25, 0.3) is 11.2 Å². The SMILES string of the molecule is CCC(C)n1c(=O)n(C(C)CN)c(=O)c2c1nc(C)n2C. The van der Waals surface area contributed by atoms with E-state index in [1.54, 1.807) is 23.1 Å². The molecule has 2 N–H and O–H groups in total. The fourth-order valence-corrected chi connectivity index (χ4v) is 2.48. The Morgan fingerprint density at radius 3 is 2.33 bits per heavy atom. The van der Waals surface area contributed by atoms with Crippen molar-refractivity contribution < 1.29 is 0 Å². The highest BCUT2D eigenvalue weighted by Crippen LogP contribution is 2.16. The maximum Gasteiger partial charge on any atom is 0.333 e. The van der Waals surface area contributed by atoms with Gasteiger partial charge in [0, 0.05) is 19.6 Å². The molecule has 2 atom stereocenters. The minimum Gasteiger partial charge on any atom is -0.328 e. The van der Waals surface area contributed by atoms with Gasteiger partial charge < -0.3 is 10.3 Å². The van der Waals surface area contributed by atoms with Crippen molar-refractivity contribution in [2.45, 2.75) is 46.2 Å². The maximum absolute atomic E-state index is 12.7. The molecule has 0 saturated carbocycles. The van der Waals surface area contributed by atoms with Gasteiger partial charge >= 0.3 is 5.69 Å². The van der Waals surface area contributed by atoms with Gasteiger partial charge in [0.05, 0.1) is 6.04 Å². The highest BCUT2D eigenvalue weighted by molar-refractivity contribution is 5.71. The summed E-state index contributed by atoms with van der Waals surface area (Å²) < 4.78 is 4.58. The average Bonchev–Trinajstić information content (AvgIpc) is 2.74. The van der Waals surface area contributed by atoms with Gasteiger partial charge in [-0.1, -0.05) is 6.92 Å². The minimum atomic E-state index is -0.347. The lowest BCUT2D eigenvalue weighted by molar-refractivity contribution is 0.448. The molecule has 7 heteroatoms. The third-order valence-corrected chi connectivity index (χ3v) is 4.18. The van der Waals surface area contributed by atoms with E-state index in [0.717, 1.165) is 6.42 Å². The Morgan fingerprint density at radius 2 is 1.81 bits per heavy atom. The van der Waals surface area contributed by atoms with E-state index in [2.05, 4.69) is 4.98 Å². The van der Waals surface area contributed by atoms with Gasteiger partial charge in [0.2, 0.25) is 0 Å². The van der Waals surface area contributed by atoms with Gasteiger partial charge in [-0.3, -0.25) is 13.9 Å². The molecule has 2 rings (SSSR count). The van der Waals surface area contributed by atoms with E-state index in [1.807, 2.05) is 20.8 Å². The molecule has 0 amide bonds. The maximum atomic E-state index is 12.7. The molecule has 7 nitrogen and oxygen atoms in total. The van der Waals surface area contributed by atoms with Gasteiger partial charge in [-0.2, -0.15) is 0 Å². The van der Waals surface area contributed by atoms with E-state index in [4.69, 9.17) is 5.73 Å². The summed E-state index contributed by atoms with van der Waals surface area (Å²) in [5, 5.41) is 0. The molecule has 2 heterocycles. The number of fused-ring (bicyclic) bond motifs is 1. The molecule has 0 radical (unpaired) electrons. The van der Waals surface area contributed by atoms with Crippen LogP contribution >= 0.6 is 0 Å². The quantitative estimate of drug-likeness (QED) is 0.898. The van der Waals surface area contributed by atoms with E-state index in [0.29, 0.717) is 17.0 Å². The van der Waals surface area contributed by atoms with Gasteiger partial charge in [0.15, 0.2) is 11.2 Å². The second-order valence-corrected chi connectivity index (χ2v) is 5.56. The fraction of sp³-hybridized carbons (Fsp3) is 0.643. The fourth-order valence-electron chi connectivity index (χ4n) is 2.48. The van der Waals surface area contributed by atoms with E-state index in [-0.39, 0.29) is 29.9 Å². The van der Waals surface area contributed by atoms with Crippen molar-refractivity contribution in [1.29, 1.82) is 0 Å². The zero-order valence-electron chi connectivity index (χ0n) is 13.3. The van der Waals surface area contributed by atoms with Crippen LogP contribution in [-0.4, -0.2) is 25.2 Å². The second-order valence-electron chi connectivity index (χ2n) is 5.56. The van der Waals surface area contributed by atoms with Crippen molar-refractivity contribution in [1.82, 2.24) is 18.7 Å². The Morgan fingerprint density at radius 1 is 1.19 bits per heavy atom. The Bertz CT molecular complexity index is 783. The first-order chi connectivity index (χ1) is 9.84. The van der Waals surface area contributed by atoms with Crippen LogP contribution in [0.3, 0.4) is 0 Å². The summed E-state index contributed by atoms with van der Waals surface area (Å²) in [6.45, 7) is 7.78. The Labute approximate surface area is 123 Å². The monoisotopic (exact) mass is 293 g/mol. The molecular weight excluding hydrogens is 270 g/mol. The van der Waals surface area contributed by atoms with E-state index in [1.165, 1.54) is 4.57 Å². The molecule has 2 aromatic rings. The van der Waals surface area contributed by atoms with Crippen LogP contribution in [0.5, 0.6) is 0 Å². The van der Waals surface area contributed by atoms with Gasteiger partial charge in [-0.05, 0) is 27.2 Å². The predicted octanol–water partition coefficient (Wildman–Crippen LogP) is 0.696. The molecule has 0 aliphatic heterocycles. The van der Waals surface area contributed by atoms with Crippen molar-refractivity contribution in [3.8, 4) is 0 Å². The third kappa shape index (κ3) is 2.21. The summed E-state index contributed by atoms with van der Waals surface area (Å²) in [6.07, 6.45) is 0.778. The Hall–Kier alpha value is -1.89. The Balaban J connectivity index is 3.04. The van der Waals surface area contributed by atoms with Crippen LogP contribution < -0.4 is 17.0 Å². The van der Waals surface area contributed by atoms with Crippen LogP contribution in [0.1, 0.15) is 45.1 Å². The summed E-state index contributed by atoms with van der Waals surface area (Å²) in [4.78, 5) is 29.8. The number of nitrogens with zero attached hydrogens (tertiary/aromatic N) is 4. The predicted molar refractivity (Wildman–Crippen MR) is 82.7 cm³/mol. The molecule has 0 aromatic carbocycles. The molecule has 0 saturated heterocycles. The summed E-state index contributed by atoms with van der Waals surface area (Å²) in [5.41, 5.74) is 5.91. The number of aromatic nitrogens is 4. The minimum absolute atomic E-state index is 0.0360. The van der Waals surface area contributed by atoms with Crippen LogP contribution in [0.2, 0.25) is 0 Å². The molecule has 0 aliphatic rings. The lowest BCUT2D eigenvalue weighted by Crippen LogP contribution is -2.44. The Kier molecular flexibility index (Phi) is 4.04. The number of aryl methyl sites for hydroxylation is 2. The lowest BCUT2D eigenvalue weighted by atomic mass is 10.2. The van der Waals surface area contributed by atoms with Gasteiger partial charge in [0.1, 0.15) is 5.82 Å². The van der Waals surface area contributed by atoms with Gasteiger partial charge in [-0.25, -0.2) is 9.78 Å². The molecule has 116 valence electrons. The standard InChI is InChI=1S/C14H23N5O2/c1-6-8(2)18-12-11(17(5)10(4)16-12)13(20)19(14(18)21)9(3)7-15/h8-9H,6-7,15H2,1-5H3. The first-order valence-electron chi connectivity index (χ1n) is 7.25. The van der Waals surface area contributed by atoms with Crippen LogP contribution in [0.4, 0.5) is 0 Å². The molecule has 0 bridgehead atoms. The van der Waals surface area contributed by atoms with Crippen molar-refractivity contribution in [2.75, 3.05) is 6.54 Å². The van der Waals surface area contributed by atoms with Crippen LogP contribution in [-0.2, 0) is 7.05 Å². The van der Waals surface area contributed by atoms with Crippen LogP contribution in [0, 0.1) is 6.92 Å². The highest BCUT2D eigenvalue weighted by atomic mass is 16.2. The third-order valence-electron chi connectivity index (χ3n) is 4.18.